The fourth-order valence-corrected chi connectivity index (χ4v) is 4.02. The number of carbonyl (C=O) groups is 2. The Hall–Kier alpha value is -2.87. The highest BCUT2D eigenvalue weighted by molar-refractivity contribution is 7.92. The van der Waals surface area contributed by atoms with Crippen molar-refractivity contribution in [3.8, 4) is 0 Å². The Balaban J connectivity index is 1.78. The van der Waals surface area contributed by atoms with Crippen LogP contribution in [0.2, 0.25) is 0 Å². The molecule has 2 amide bonds. The van der Waals surface area contributed by atoms with Crippen molar-refractivity contribution in [3.05, 3.63) is 59.2 Å². The summed E-state index contributed by atoms with van der Waals surface area (Å²) < 4.78 is 25.0. The lowest BCUT2D eigenvalue weighted by Crippen LogP contribution is -2.27. The monoisotopic (exact) mass is 387 g/mol. The summed E-state index contributed by atoms with van der Waals surface area (Å²) in [6.45, 7) is 2.74. The molecule has 8 heteroatoms. The number of rotatable bonds is 5. The first-order valence-corrected chi connectivity index (χ1v) is 10.4. The molecule has 0 unspecified atom stereocenters. The van der Waals surface area contributed by atoms with Crippen LogP contribution in [0.25, 0.3) is 0 Å². The third kappa shape index (κ3) is 4.11. The summed E-state index contributed by atoms with van der Waals surface area (Å²) in [5.74, 6) is -0.518. The van der Waals surface area contributed by atoms with Crippen molar-refractivity contribution in [2.24, 2.45) is 0 Å². The molecule has 2 aromatic carbocycles. The summed E-state index contributed by atoms with van der Waals surface area (Å²) in [6, 6.07) is 11.7. The molecule has 3 rings (SSSR count). The van der Waals surface area contributed by atoms with Crippen molar-refractivity contribution in [2.75, 3.05) is 29.0 Å². The highest BCUT2D eigenvalue weighted by Crippen LogP contribution is 2.30. The van der Waals surface area contributed by atoms with E-state index in [0.29, 0.717) is 42.0 Å². The molecular formula is C19H21N3O4S. The number of amides is 2. The van der Waals surface area contributed by atoms with Crippen molar-refractivity contribution in [1.29, 1.82) is 0 Å². The third-order valence-corrected chi connectivity index (χ3v) is 5.49. The molecular weight excluding hydrogens is 366 g/mol. The molecule has 0 aliphatic carbocycles. The highest BCUT2D eigenvalue weighted by atomic mass is 32.2. The van der Waals surface area contributed by atoms with E-state index in [0.717, 1.165) is 5.56 Å². The topological polar surface area (TPSA) is 95.6 Å². The first kappa shape index (κ1) is 18.9. The van der Waals surface area contributed by atoms with Crippen LogP contribution in [0.15, 0.2) is 42.5 Å². The molecule has 0 atom stereocenters. The molecule has 1 heterocycles. The molecule has 0 saturated carbocycles. The molecule has 0 radical (unpaired) electrons. The van der Waals surface area contributed by atoms with Gasteiger partial charge in [-0.1, -0.05) is 6.07 Å². The van der Waals surface area contributed by atoms with Gasteiger partial charge in [-0.05, 0) is 55.3 Å². The Labute approximate surface area is 158 Å². The summed E-state index contributed by atoms with van der Waals surface area (Å²) >= 11 is 0. The van der Waals surface area contributed by atoms with Gasteiger partial charge in [-0.2, -0.15) is 0 Å². The highest BCUT2D eigenvalue weighted by Gasteiger charge is 2.26. The maximum absolute atomic E-state index is 12.6. The summed E-state index contributed by atoms with van der Waals surface area (Å²) in [5, 5.41) is 5.49. The van der Waals surface area contributed by atoms with E-state index in [1.165, 1.54) is 10.6 Å². The van der Waals surface area contributed by atoms with E-state index >= 15 is 0 Å². The zero-order valence-electron chi connectivity index (χ0n) is 15.2. The quantitative estimate of drug-likeness (QED) is 0.820. The van der Waals surface area contributed by atoms with Crippen molar-refractivity contribution in [2.45, 2.75) is 13.3 Å². The number of benzene rings is 2. The normalized spacial score (nSPS) is 13.2. The van der Waals surface area contributed by atoms with Crippen LogP contribution in [0, 0.1) is 0 Å². The van der Waals surface area contributed by atoms with E-state index in [1.807, 2.05) is 6.92 Å². The maximum Gasteiger partial charge on any atom is 0.255 e. The number of anilines is 2. The number of nitrogens with zero attached hydrogens (tertiary/aromatic N) is 1. The number of carbonyl (C=O) groups excluding carboxylic acids is 2. The van der Waals surface area contributed by atoms with Crippen molar-refractivity contribution in [3.63, 3.8) is 0 Å². The van der Waals surface area contributed by atoms with Crippen LogP contribution >= 0.6 is 0 Å². The van der Waals surface area contributed by atoms with Gasteiger partial charge in [-0.3, -0.25) is 13.9 Å². The van der Waals surface area contributed by atoms with Crippen molar-refractivity contribution < 1.29 is 18.0 Å². The molecule has 1 aliphatic heterocycles. The van der Waals surface area contributed by atoms with Gasteiger partial charge in [-0.15, -0.1) is 0 Å². The summed E-state index contributed by atoms with van der Waals surface area (Å²) in [7, 11) is -3.32. The van der Waals surface area contributed by atoms with Gasteiger partial charge in [0.2, 0.25) is 10.0 Å². The van der Waals surface area contributed by atoms with Crippen LogP contribution in [0.4, 0.5) is 11.4 Å². The van der Waals surface area contributed by atoms with Crippen LogP contribution in [0.1, 0.15) is 33.2 Å². The lowest BCUT2D eigenvalue weighted by atomic mass is 10.1. The van der Waals surface area contributed by atoms with E-state index in [9.17, 15) is 18.0 Å². The molecule has 1 aliphatic rings. The predicted molar refractivity (Wildman–Crippen MR) is 105 cm³/mol. The van der Waals surface area contributed by atoms with Gasteiger partial charge in [-0.25, -0.2) is 8.42 Å². The second kappa shape index (κ2) is 7.40. The van der Waals surface area contributed by atoms with E-state index in [2.05, 4.69) is 10.6 Å². The van der Waals surface area contributed by atoms with Gasteiger partial charge < -0.3 is 10.6 Å². The number of sulfonamides is 1. The predicted octanol–water partition coefficient (Wildman–Crippen LogP) is 2.01. The fourth-order valence-electron chi connectivity index (χ4n) is 3.06. The molecule has 7 nitrogen and oxygen atoms in total. The number of fused-ring (bicyclic) bond motifs is 1. The smallest absolute Gasteiger partial charge is 0.255 e. The van der Waals surface area contributed by atoms with Gasteiger partial charge in [0, 0.05) is 29.9 Å². The van der Waals surface area contributed by atoms with Crippen LogP contribution < -0.4 is 14.9 Å². The Morgan fingerprint density at radius 2 is 1.81 bits per heavy atom. The van der Waals surface area contributed by atoms with Crippen LogP contribution in [-0.4, -0.2) is 39.6 Å². The molecule has 2 aromatic rings. The van der Waals surface area contributed by atoms with Crippen LogP contribution in [-0.2, 0) is 16.4 Å². The summed E-state index contributed by atoms with van der Waals surface area (Å²) in [4.78, 5) is 24.5. The zero-order chi connectivity index (χ0) is 19.6. The fraction of sp³-hybridized carbons (Fsp3) is 0.263. The molecule has 27 heavy (non-hydrogen) atoms. The number of hydrogen-bond donors (Lipinski definition) is 2. The van der Waals surface area contributed by atoms with Gasteiger partial charge in [0.25, 0.3) is 11.8 Å². The Bertz CT molecular complexity index is 1000. The van der Waals surface area contributed by atoms with E-state index in [-0.39, 0.29) is 11.8 Å². The average molecular weight is 387 g/mol. The number of hydrogen-bond acceptors (Lipinski definition) is 4. The lowest BCUT2D eigenvalue weighted by Gasteiger charge is -2.16. The Kier molecular flexibility index (Phi) is 5.18. The van der Waals surface area contributed by atoms with Crippen LogP contribution in [0.3, 0.4) is 0 Å². The Morgan fingerprint density at radius 1 is 1.07 bits per heavy atom. The van der Waals surface area contributed by atoms with Crippen molar-refractivity contribution in [1.82, 2.24) is 5.32 Å². The minimum Gasteiger partial charge on any atom is -0.352 e. The molecule has 142 valence electrons. The molecule has 0 aromatic heterocycles. The first-order chi connectivity index (χ1) is 12.8. The van der Waals surface area contributed by atoms with Gasteiger partial charge in [0.05, 0.1) is 11.9 Å². The molecule has 0 fully saturated rings. The molecule has 0 spiro atoms. The van der Waals surface area contributed by atoms with E-state index in [1.54, 1.807) is 42.5 Å². The summed E-state index contributed by atoms with van der Waals surface area (Å²) in [5.41, 5.74) is 2.86. The van der Waals surface area contributed by atoms with Gasteiger partial charge >= 0.3 is 0 Å². The second-order valence-corrected chi connectivity index (χ2v) is 8.23. The minimum atomic E-state index is -3.32. The summed E-state index contributed by atoms with van der Waals surface area (Å²) in [6.07, 6.45) is 1.74. The molecule has 0 bridgehead atoms. The first-order valence-electron chi connectivity index (χ1n) is 8.60. The zero-order valence-corrected chi connectivity index (χ0v) is 16.0. The molecule has 2 N–H and O–H groups in total. The Morgan fingerprint density at radius 3 is 2.52 bits per heavy atom. The largest absolute Gasteiger partial charge is 0.352 e. The minimum absolute atomic E-state index is 0.202. The van der Waals surface area contributed by atoms with Crippen LogP contribution in [0.5, 0.6) is 0 Å². The average Bonchev–Trinajstić information content (AvgIpc) is 3.05. The van der Waals surface area contributed by atoms with Crippen molar-refractivity contribution >= 4 is 33.2 Å². The van der Waals surface area contributed by atoms with E-state index in [4.69, 9.17) is 0 Å². The third-order valence-electron chi connectivity index (χ3n) is 4.31. The molecule has 0 saturated heterocycles. The standard InChI is InChI=1S/C19H21N3O4S/c1-3-20-18(23)14-5-4-6-16(12-14)21-19(24)15-7-8-17-13(11-15)9-10-22(17)27(2,25)26/h4-8,11-12H,3,9-10H2,1-2H3,(H,20,23)(H,21,24). The maximum atomic E-state index is 12.6. The SMILES string of the molecule is CCNC(=O)c1cccc(NC(=O)c2ccc3c(c2)CCN3S(C)(=O)=O)c1. The second-order valence-electron chi connectivity index (χ2n) is 6.32. The van der Waals surface area contributed by atoms with E-state index < -0.39 is 10.0 Å². The number of nitrogens with one attached hydrogen (secondary N) is 2. The van der Waals surface area contributed by atoms with Gasteiger partial charge in [0.1, 0.15) is 0 Å². The van der Waals surface area contributed by atoms with Gasteiger partial charge in [0.15, 0.2) is 0 Å². The lowest BCUT2D eigenvalue weighted by molar-refractivity contribution is 0.0954.